The minimum atomic E-state index is 0. The van der Waals surface area contributed by atoms with Gasteiger partial charge < -0.3 is 5.32 Å². The predicted molar refractivity (Wildman–Crippen MR) is 31.8 cm³/mol. The monoisotopic (exact) mass is 119 g/mol. The van der Waals surface area contributed by atoms with E-state index in [-0.39, 0.29) is 12.4 Å². The van der Waals surface area contributed by atoms with E-state index in [1.165, 1.54) is 19.4 Å². The van der Waals surface area contributed by atoms with E-state index in [1.807, 2.05) is 0 Å². The van der Waals surface area contributed by atoms with E-state index < -0.39 is 0 Å². The second-order valence-electron chi connectivity index (χ2n) is 2.35. The molecule has 1 N–H and O–H groups in total. The molecule has 7 heavy (non-hydrogen) atoms. The topological polar surface area (TPSA) is 12.0 Å². The summed E-state index contributed by atoms with van der Waals surface area (Å²) in [6.07, 6.45) is 2.92. The van der Waals surface area contributed by atoms with Crippen molar-refractivity contribution in [1.82, 2.24) is 5.32 Å². The lowest BCUT2D eigenvalue weighted by Gasteiger charge is -1.86. The van der Waals surface area contributed by atoms with Gasteiger partial charge in [-0.3, -0.25) is 0 Å². The first-order chi connectivity index (χ1) is 2.97. The van der Waals surface area contributed by atoms with Crippen molar-refractivity contribution in [2.45, 2.75) is 18.9 Å². The van der Waals surface area contributed by atoms with E-state index in [1.54, 1.807) is 0 Å². The summed E-state index contributed by atoms with van der Waals surface area (Å²) in [7, 11) is 0. The first-order valence-corrected chi connectivity index (χ1v) is 2.70. The molecule has 1 aliphatic heterocycles. The van der Waals surface area contributed by atoms with Crippen molar-refractivity contribution in [2.75, 3.05) is 6.54 Å². The van der Waals surface area contributed by atoms with Crippen LogP contribution in [0.3, 0.4) is 0 Å². The van der Waals surface area contributed by atoms with E-state index in [4.69, 9.17) is 0 Å². The van der Waals surface area contributed by atoms with Crippen LogP contribution in [0, 0.1) is 5.92 Å². The number of piperidine rings is 1. The molecule has 0 radical (unpaired) electrons. The Hall–Kier alpha value is 0.250. The molecule has 0 aromatic rings. The second kappa shape index (κ2) is 1.64. The Bertz CT molecular complexity index is 66.5. The van der Waals surface area contributed by atoms with E-state index in [2.05, 4.69) is 5.32 Å². The fourth-order valence-electron chi connectivity index (χ4n) is 1.27. The standard InChI is InChI=1S/C5H9N.ClH/c1-2-6-5-3-4(1)5;/h4-6H,1-3H2;1H/t4-,5+;/m0./s1. The largest absolute Gasteiger partial charge is 0.314 e. The quantitative estimate of drug-likeness (QED) is 0.497. The Balaban J connectivity index is 0.000000245. The van der Waals surface area contributed by atoms with E-state index >= 15 is 0 Å². The highest BCUT2D eigenvalue weighted by atomic mass is 35.5. The third kappa shape index (κ3) is 0.752. The summed E-state index contributed by atoms with van der Waals surface area (Å²) in [5.41, 5.74) is 0. The normalized spacial score (nSPS) is 44.6. The van der Waals surface area contributed by atoms with Crippen molar-refractivity contribution in [3.05, 3.63) is 0 Å². The fourth-order valence-corrected chi connectivity index (χ4v) is 1.27. The molecule has 2 rings (SSSR count). The van der Waals surface area contributed by atoms with Crippen LogP contribution in [-0.4, -0.2) is 12.6 Å². The summed E-state index contributed by atoms with van der Waals surface area (Å²) >= 11 is 0. The van der Waals surface area contributed by atoms with Crippen LogP contribution >= 0.6 is 12.4 Å². The fraction of sp³-hybridized carbons (Fsp3) is 1.00. The average Bonchev–Trinajstić information content (AvgIpc) is 2.17. The van der Waals surface area contributed by atoms with Crippen molar-refractivity contribution in [2.24, 2.45) is 5.92 Å². The molecule has 0 aromatic carbocycles. The first-order valence-electron chi connectivity index (χ1n) is 2.70. The lowest BCUT2D eigenvalue weighted by molar-refractivity contribution is 0.741. The zero-order valence-electron chi connectivity index (χ0n) is 4.18. The van der Waals surface area contributed by atoms with Crippen LogP contribution in [0.2, 0.25) is 0 Å². The molecule has 1 aliphatic carbocycles. The Kier molecular flexibility index (Phi) is 1.26. The van der Waals surface area contributed by atoms with Gasteiger partial charge in [0.15, 0.2) is 0 Å². The van der Waals surface area contributed by atoms with Crippen molar-refractivity contribution >= 4 is 12.4 Å². The summed E-state index contributed by atoms with van der Waals surface area (Å²) < 4.78 is 0. The van der Waals surface area contributed by atoms with Crippen LogP contribution in [-0.2, 0) is 0 Å². The molecule has 42 valence electrons. The van der Waals surface area contributed by atoms with Crippen LogP contribution in [0.15, 0.2) is 0 Å². The summed E-state index contributed by atoms with van der Waals surface area (Å²) in [4.78, 5) is 0. The number of nitrogens with one attached hydrogen (secondary N) is 1. The molecule has 1 heterocycles. The smallest absolute Gasteiger partial charge is 0.00996 e. The minimum Gasteiger partial charge on any atom is -0.314 e. The summed E-state index contributed by atoms with van der Waals surface area (Å²) in [6, 6.07) is 0.963. The zero-order chi connectivity index (χ0) is 3.98. The lowest BCUT2D eigenvalue weighted by atomic mass is 10.3. The van der Waals surface area contributed by atoms with Gasteiger partial charge >= 0.3 is 0 Å². The van der Waals surface area contributed by atoms with Gasteiger partial charge in [0.2, 0.25) is 0 Å². The van der Waals surface area contributed by atoms with E-state index in [0.717, 1.165) is 12.0 Å². The molecule has 0 bridgehead atoms. The summed E-state index contributed by atoms with van der Waals surface area (Å²) in [6.45, 7) is 1.29. The highest BCUT2D eigenvalue weighted by Crippen LogP contribution is 2.37. The van der Waals surface area contributed by atoms with Crippen molar-refractivity contribution in [1.29, 1.82) is 0 Å². The average molecular weight is 120 g/mol. The van der Waals surface area contributed by atoms with Crippen molar-refractivity contribution in [3.8, 4) is 0 Å². The molecule has 1 saturated heterocycles. The van der Waals surface area contributed by atoms with Gasteiger partial charge in [-0.1, -0.05) is 0 Å². The molecule has 0 unspecified atom stereocenters. The predicted octanol–water partition coefficient (Wildman–Crippen LogP) is 0.790. The van der Waals surface area contributed by atoms with Crippen LogP contribution in [0.1, 0.15) is 12.8 Å². The third-order valence-corrected chi connectivity index (χ3v) is 1.84. The van der Waals surface area contributed by atoms with Gasteiger partial charge in [0.1, 0.15) is 0 Å². The molecule has 2 fully saturated rings. The highest BCUT2D eigenvalue weighted by Gasteiger charge is 2.40. The van der Waals surface area contributed by atoms with Gasteiger partial charge in [-0.2, -0.15) is 0 Å². The molecule has 2 heteroatoms. The van der Waals surface area contributed by atoms with E-state index in [0.29, 0.717) is 0 Å². The maximum atomic E-state index is 3.39. The maximum absolute atomic E-state index is 3.39. The zero-order valence-corrected chi connectivity index (χ0v) is 5.00. The van der Waals surface area contributed by atoms with Crippen LogP contribution < -0.4 is 5.32 Å². The summed E-state index contributed by atoms with van der Waals surface area (Å²) in [5.74, 6) is 1.10. The Morgan fingerprint density at radius 3 is 2.43 bits per heavy atom. The van der Waals surface area contributed by atoms with Gasteiger partial charge in [-0.25, -0.2) is 0 Å². The maximum Gasteiger partial charge on any atom is 0.00996 e. The Morgan fingerprint density at radius 2 is 2.29 bits per heavy atom. The minimum absolute atomic E-state index is 0. The number of hydrogen-bond acceptors (Lipinski definition) is 1. The molecule has 0 spiro atoms. The van der Waals surface area contributed by atoms with Crippen molar-refractivity contribution < 1.29 is 0 Å². The Labute approximate surface area is 49.9 Å². The molecule has 1 saturated carbocycles. The second-order valence-corrected chi connectivity index (χ2v) is 2.35. The van der Waals surface area contributed by atoms with E-state index in [9.17, 15) is 0 Å². The van der Waals surface area contributed by atoms with Gasteiger partial charge in [0, 0.05) is 6.04 Å². The SMILES string of the molecule is C1C[C@H]2C[C@H]2N1.Cl. The molecule has 0 amide bonds. The number of rotatable bonds is 0. The number of fused-ring (bicyclic) bond motifs is 1. The van der Waals surface area contributed by atoms with Gasteiger partial charge in [0.25, 0.3) is 0 Å². The van der Waals surface area contributed by atoms with Crippen LogP contribution in [0.25, 0.3) is 0 Å². The van der Waals surface area contributed by atoms with Gasteiger partial charge in [-0.15, -0.1) is 12.4 Å². The molecule has 0 aromatic heterocycles. The van der Waals surface area contributed by atoms with Crippen LogP contribution in [0.4, 0.5) is 0 Å². The number of halogens is 1. The molecular formula is C5H10ClN. The summed E-state index contributed by atoms with van der Waals surface area (Å²) in [5, 5.41) is 3.39. The highest BCUT2D eigenvalue weighted by molar-refractivity contribution is 5.85. The molecule has 1 nitrogen and oxygen atoms in total. The molecular weight excluding hydrogens is 110 g/mol. The number of hydrogen-bond donors (Lipinski definition) is 1. The van der Waals surface area contributed by atoms with Crippen LogP contribution in [0.5, 0.6) is 0 Å². The molecule has 2 aliphatic rings. The van der Waals surface area contributed by atoms with Crippen molar-refractivity contribution in [3.63, 3.8) is 0 Å². The van der Waals surface area contributed by atoms with Gasteiger partial charge in [-0.05, 0) is 25.3 Å². The third-order valence-electron chi connectivity index (χ3n) is 1.84. The lowest BCUT2D eigenvalue weighted by Crippen LogP contribution is -2.10. The molecule has 2 atom stereocenters. The van der Waals surface area contributed by atoms with Gasteiger partial charge in [0.05, 0.1) is 0 Å². The first kappa shape index (κ1) is 5.39. The Morgan fingerprint density at radius 1 is 1.43 bits per heavy atom.